The van der Waals surface area contributed by atoms with Gasteiger partial charge in [0, 0.05) is 25.6 Å². The van der Waals surface area contributed by atoms with E-state index in [1.54, 1.807) is 6.92 Å². The predicted octanol–water partition coefficient (Wildman–Crippen LogP) is 0.788. The fourth-order valence-electron chi connectivity index (χ4n) is 2.44. The van der Waals surface area contributed by atoms with E-state index < -0.39 is 10.0 Å². The monoisotopic (exact) mass is 314 g/mol. The number of piperidine rings is 1. The summed E-state index contributed by atoms with van der Waals surface area (Å²) in [6.07, 6.45) is 3.97. The van der Waals surface area contributed by atoms with E-state index in [0.29, 0.717) is 38.2 Å². The van der Waals surface area contributed by atoms with Crippen LogP contribution in [0.4, 0.5) is 0 Å². The maximum Gasteiger partial charge on any atom is 0.260 e. The van der Waals surface area contributed by atoms with Crippen molar-refractivity contribution in [1.29, 1.82) is 0 Å². The van der Waals surface area contributed by atoms with Crippen molar-refractivity contribution in [1.82, 2.24) is 19.6 Å². The van der Waals surface area contributed by atoms with Crippen molar-refractivity contribution in [2.75, 3.05) is 13.1 Å². The topological polar surface area (TPSA) is 95.2 Å². The molecule has 1 fully saturated rings. The second kappa shape index (κ2) is 6.57. The van der Waals surface area contributed by atoms with Crippen molar-refractivity contribution in [3.63, 3.8) is 0 Å². The molecule has 0 unspecified atom stereocenters. The molecule has 7 nitrogen and oxygen atoms in total. The standard InChI is InChI=1S/C13H22N4O3S/c1-3-4-12(18)16-11-5-7-17(8-6-11)21(19,20)13-9-14-10(2)15-13/h9,11H,3-8H2,1-2H3,(H,14,15)(H,16,18). The molecular formula is C13H22N4O3S. The normalized spacial score (nSPS) is 17.8. The van der Waals surface area contributed by atoms with Gasteiger partial charge in [-0.25, -0.2) is 13.4 Å². The number of imidazole rings is 1. The molecule has 0 atom stereocenters. The molecular weight excluding hydrogens is 292 g/mol. The van der Waals surface area contributed by atoms with Gasteiger partial charge in [0.25, 0.3) is 10.0 Å². The van der Waals surface area contributed by atoms with Crippen molar-refractivity contribution in [2.45, 2.75) is 50.6 Å². The van der Waals surface area contributed by atoms with Gasteiger partial charge in [-0.15, -0.1) is 0 Å². The highest BCUT2D eigenvalue weighted by Gasteiger charge is 2.30. The molecule has 0 spiro atoms. The molecule has 8 heteroatoms. The maximum absolute atomic E-state index is 12.4. The summed E-state index contributed by atoms with van der Waals surface area (Å²) in [5.74, 6) is 0.623. The highest BCUT2D eigenvalue weighted by molar-refractivity contribution is 7.89. The maximum atomic E-state index is 12.4. The number of carbonyl (C=O) groups excluding carboxylic acids is 1. The van der Waals surface area contributed by atoms with Crippen LogP contribution in [0.3, 0.4) is 0 Å². The van der Waals surface area contributed by atoms with Crippen molar-refractivity contribution in [3.05, 3.63) is 12.0 Å². The fourth-order valence-corrected chi connectivity index (χ4v) is 3.87. The zero-order valence-electron chi connectivity index (χ0n) is 12.4. The van der Waals surface area contributed by atoms with E-state index >= 15 is 0 Å². The average molecular weight is 314 g/mol. The first-order valence-electron chi connectivity index (χ1n) is 7.24. The minimum absolute atomic E-state index is 0.0444. The summed E-state index contributed by atoms with van der Waals surface area (Å²) in [6.45, 7) is 4.50. The van der Waals surface area contributed by atoms with Crippen LogP contribution in [0.15, 0.2) is 11.2 Å². The number of sulfonamides is 1. The van der Waals surface area contributed by atoms with Gasteiger partial charge in [-0.2, -0.15) is 4.31 Å². The zero-order chi connectivity index (χ0) is 15.5. The molecule has 2 rings (SSSR count). The molecule has 1 aliphatic heterocycles. The number of aromatic amines is 1. The van der Waals surface area contributed by atoms with E-state index in [1.807, 2.05) is 6.92 Å². The summed E-state index contributed by atoms with van der Waals surface area (Å²) in [6, 6.07) is 0.0685. The number of hydrogen-bond acceptors (Lipinski definition) is 4. The Morgan fingerprint density at radius 2 is 2.14 bits per heavy atom. The lowest BCUT2D eigenvalue weighted by atomic mass is 10.1. The molecule has 1 aromatic heterocycles. The highest BCUT2D eigenvalue weighted by atomic mass is 32.2. The Bertz CT molecular complexity index is 588. The highest BCUT2D eigenvalue weighted by Crippen LogP contribution is 2.19. The van der Waals surface area contributed by atoms with Crippen molar-refractivity contribution in [2.24, 2.45) is 0 Å². The first-order valence-corrected chi connectivity index (χ1v) is 8.68. The number of aryl methyl sites for hydroxylation is 1. The Hall–Kier alpha value is -1.41. The number of nitrogens with zero attached hydrogens (tertiary/aromatic N) is 2. The minimum Gasteiger partial charge on any atom is -0.353 e. The summed E-state index contributed by atoms with van der Waals surface area (Å²) in [7, 11) is -3.50. The van der Waals surface area contributed by atoms with Crippen molar-refractivity contribution in [3.8, 4) is 0 Å². The third-order valence-electron chi connectivity index (χ3n) is 3.59. The molecule has 21 heavy (non-hydrogen) atoms. The average Bonchev–Trinajstić information content (AvgIpc) is 2.87. The Kier molecular flexibility index (Phi) is 5.00. The van der Waals surface area contributed by atoms with Crippen LogP contribution in [0, 0.1) is 6.92 Å². The SMILES string of the molecule is CCCC(=O)NC1CCN(S(=O)(=O)c2cnc(C)[nH]2)CC1. The molecule has 1 amide bonds. The van der Waals surface area contributed by atoms with E-state index in [-0.39, 0.29) is 17.0 Å². The van der Waals surface area contributed by atoms with Crippen LogP contribution in [0.25, 0.3) is 0 Å². The smallest absolute Gasteiger partial charge is 0.260 e. The summed E-state index contributed by atoms with van der Waals surface area (Å²) >= 11 is 0. The van der Waals surface area contributed by atoms with E-state index in [2.05, 4.69) is 15.3 Å². The molecule has 2 N–H and O–H groups in total. The van der Waals surface area contributed by atoms with Crippen LogP contribution < -0.4 is 5.32 Å². The lowest BCUT2D eigenvalue weighted by molar-refractivity contribution is -0.122. The Labute approximate surface area is 125 Å². The van der Waals surface area contributed by atoms with Crippen LogP contribution in [0.1, 0.15) is 38.4 Å². The van der Waals surface area contributed by atoms with E-state index in [1.165, 1.54) is 10.5 Å². The quantitative estimate of drug-likeness (QED) is 0.840. The fraction of sp³-hybridized carbons (Fsp3) is 0.692. The van der Waals surface area contributed by atoms with Gasteiger partial charge in [0.1, 0.15) is 5.82 Å². The third kappa shape index (κ3) is 3.82. The predicted molar refractivity (Wildman–Crippen MR) is 78.2 cm³/mol. The van der Waals surface area contributed by atoms with E-state index in [9.17, 15) is 13.2 Å². The number of rotatable bonds is 5. The van der Waals surface area contributed by atoms with Crippen LogP contribution >= 0.6 is 0 Å². The second-order valence-electron chi connectivity index (χ2n) is 5.33. The largest absolute Gasteiger partial charge is 0.353 e. The number of nitrogens with one attached hydrogen (secondary N) is 2. The van der Waals surface area contributed by atoms with Crippen LogP contribution in [-0.4, -0.2) is 47.7 Å². The van der Waals surface area contributed by atoms with Gasteiger partial charge in [-0.05, 0) is 26.2 Å². The molecule has 0 saturated carbocycles. The number of aromatic nitrogens is 2. The Morgan fingerprint density at radius 1 is 1.48 bits per heavy atom. The first-order chi connectivity index (χ1) is 9.93. The van der Waals surface area contributed by atoms with E-state index in [4.69, 9.17) is 0 Å². The lowest BCUT2D eigenvalue weighted by Gasteiger charge is -2.31. The molecule has 1 saturated heterocycles. The van der Waals surface area contributed by atoms with Crippen molar-refractivity contribution >= 4 is 15.9 Å². The number of carbonyl (C=O) groups is 1. The summed E-state index contributed by atoms with van der Waals surface area (Å²) in [4.78, 5) is 18.3. The Morgan fingerprint density at radius 3 is 2.67 bits per heavy atom. The molecule has 1 aliphatic rings. The number of hydrogen-bond donors (Lipinski definition) is 2. The van der Waals surface area contributed by atoms with Gasteiger partial charge >= 0.3 is 0 Å². The first kappa shape index (κ1) is 16.0. The minimum atomic E-state index is -3.50. The van der Waals surface area contributed by atoms with E-state index in [0.717, 1.165) is 6.42 Å². The molecule has 0 bridgehead atoms. The van der Waals surface area contributed by atoms with Crippen LogP contribution in [0.5, 0.6) is 0 Å². The third-order valence-corrected chi connectivity index (χ3v) is 5.40. The summed E-state index contributed by atoms with van der Waals surface area (Å²) in [5, 5.41) is 3.09. The lowest BCUT2D eigenvalue weighted by Crippen LogP contribution is -2.46. The number of H-pyrrole nitrogens is 1. The van der Waals surface area contributed by atoms with Gasteiger partial charge in [-0.1, -0.05) is 6.92 Å². The molecule has 0 radical (unpaired) electrons. The van der Waals surface area contributed by atoms with Crippen LogP contribution in [0.2, 0.25) is 0 Å². The molecule has 0 aliphatic carbocycles. The molecule has 1 aromatic rings. The molecule has 0 aromatic carbocycles. The summed E-state index contributed by atoms with van der Waals surface area (Å²) in [5.41, 5.74) is 0. The van der Waals surface area contributed by atoms with Gasteiger partial charge in [0.15, 0.2) is 5.03 Å². The van der Waals surface area contributed by atoms with Crippen molar-refractivity contribution < 1.29 is 13.2 Å². The van der Waals surface area contributed by atoms with Gasteiger partial charge in [-0.3, -0.25) is 4.79 Å². The Balaban J connectivity index is 1.93. The van der Waals surface area contributed by atoms with Gasteiger partial charge < -0.3 is 10.3 Å². The summed E-state index contributed by atoms with van der Waals surface area (Å²) < 4.78 is 26.2. The molecule has 2 heterocycles. The van der Waals surface area contributed by atoms with Crippen LogP contribution in [-0.2, 0) is 14.8 Å². The second-order valence-corrected chi connectivity index (χ2v) is 7.24. The van der Waals surface area contributed by atoms with Gasteiger partial charge in [0.2, 0.25) is 5.91 Å². The molecule has 118 valence electrons. The van der Waals surface area contributed by atoms with Gasteiger partial charge in [0.05, 0.1) is 6.20 Å². The zero-order valence-corrected chi connectivity index (χ0v) is 13.2. The number of amides is 1.